The summed E-state index contributed by atoms with van der Waals surface area (Å²) in [5.74, 6) is 3.12. The van der Waals surface area contributed by atoms with Gasteiger partial charge in [0.25, 0.3) is 0 Å². The lowest BCUT2D eigenvalue weighted by atomic mass is 9.79. The third-order valence-electron chi connectivity index (χ3n) is 5.33. The molecular weight excluding hydrogens is 324 g/mol. The van der Waals surface area contributed by atoms with Gasteiger partial charge < -0.3 is 14.8 Å². The second kappa shape index (κ2) is 9.58. The molecule has 0 bridgehead atoms. The summed E-state index contributed by atoms with van der Waals surface area (Å²) in [6.07, 6.45) is 8.87. The molecule has 4 heteroatoms. The van der Waals surface area contributed by atoms with E-state index in [4.69, 9.17) is 9.47 Å². The van der Waals surface area contributed by atoms with E-state index in [1.807, 2.05) is 42.7 Å². The van der Waals surface area contributed by atoms with Crippen LogP contribution in [0.1, 0.15) is 38.2 Å². The van der Waals surface area contributed by atoms with E-state index < -0.39 is 0 Å². The normalized spacial score (nSPS) is 21.2. The highest BCUT2D eigenvalue weighted by Crippen LogP contribution is 2.33. The monoisotopic (exact) mass is 354 g/mol. The molecule has 1 aliphatic carbocycles. The van der Waals surface area contributed by atoms with Gasteiger partial charge in [-0.15, -0.1) is 0 Å². The van der Waals surface area contributed by atoms with Crippen LogP contribution >= 0.6 is 0 Å². The molecule has 2 aromatic rings. The molecule has 1 aromatic carbocycles. The van der Waals surface area contributed by atoms with E-state index in [2.05, 4.69) is 23.3 Å². The summed E-state index contributed by atoms with van der Waals surface area (Å²) in [5, 5.41) is 3.58. The van der Waals surface area contributed by atoms with Crippen LogP contribution in [0.5, 0.6) is 11.5 Å². The highest BCUT2D eigenvalue weighted by atomic mass is 16.5. The van der Waals surface area contributed by atoms with Crippen molar-refractivity contribution in [2.45, 2.75) is 45.3 Å². The highest BCUT2D eigenvalue weighted by molar-refractivity contribution is 5.33. The van der Waals surface area contributed by atoms with Gasteiger partial charge in [0.15, 0.2) is 0 Å². The third-order valence-corrected chi connectivity index (χ3v) is 5.33. The number of ether oxygens (including phenoxy) is 2. The minimum Gasteiger partial charge on any atom is -0.497 e. The van der Waals surface area contributed by atoms with Crippen molar-refractivity contribution in [1.82, 2.24) is 10.3 Å². The van der Waals surface area contributed by atoms with Crippen LogP contribution in [0.4, 0.5) is 0 Å². The smallest absolute Gasteiger partial charge is 0.123 e. The number of nitrogens with one attached hydrogen (secondary N) is 1. The topological polar surface area (TPSA) is 43.4 Å². The minimum atomic E-state index is 0.307. The lowest BCUT2D eigenvalue weighted by molar-refractivity contribution is 0.102. The van der Waals surface area contributed by atoms with Crippen LogP contribution in [0.15, 0.2) is 48.8 Å². The van der Waals surface area contributed by atoms with Crippen LogP contribution in [0, 0.1) is 11.8 Å². The van der Waals surface area contributed by atoms with Gasteiger partial charge in [0.2, 0.25) is 0 Å². The van der Waals surface area contributed by atoms with Crippen molar-refractivity contribution in [2.75, 3.05) is 13.7 Å². The molecule has 26 heavy (non-hydrogen) atoms. The fourth-order valence-electron chi connectivity index (χ4n) is 3.79. The molecule has 3 unspecified atom stereocenters. The lowest BCUT2D eigenvalue weighted by Gasteiger charge is -2.33. The molecule has 1 saturated carbocycles. The quantitative estimate of drug-likeness (QED) is 0.760. The zero-order chi connectivity index (χ0) is 18.2. The molecular formula is C22H30N2O2. The van der Waals surface area contributed by atoms with Crippen LogP contribution < -0.4 is 14.8 Å². The molecule has 0 saturated heterocycles. The van der Waals surface area contributed by atoms with Gasteiger partial charge in [-0.1, -0.05) is 19.1 Å². The predicted molar refractivity (Wildman–Crippen MR) is 104 cm³/mol. The van der Waals surface area contributed by atoms with Gasteiger partial charge in [-0.3, -0.25) is 4.98 Å². The SMILES string of the molecule is COc1cccc(OC2CCCC(C(C)CNCc3cccnc3)C2)c1. The molecule has 4 nitrogen and oxygen atoms in total. The molecule has 140 valence electrons. The maximum absolute atomic E-state index is 6.24. The van der Waals surface area contributed by atoms with E-state index in [1.165, 1.54) is 18.4 Å². The highest BCUT2D eigenvalue weighted by Gasteiger charge is 2.27. The van der Waals surface area contributed by atoms with Crippen molar-refractivity contribution < 1.29 is 9.47 Å². The molecule has 3 atom stereocenters. The molecule has 1 N–H and O–H groups in total. The summed E-state index contributed by atoms with van der Waals surface area (Å²) in [5.41, 5.74) is 1.24. The molecule has 0 amide bonds. The van der Waals surface area contributed by atoms with Crippen LogP contribution in [-0.2, 0) is 6.54 Å². The van der Waals surface area contributed by atoms with Gasteiger partial charge in [-0.25, -0.2) is 0 Å². The number of pyridine rings is 1. The lowest BCUT2D eigenvalue weighted by Crippen LogP contribution is -2.33. The Hall–Kier alpha value is -2.07. The van der Waals surface area contributed by atoms with Crippen molar-refractivity contribution in [3.63, 3.8) is 0 Å². The number of methoxy groups -OCH3 is 1. The number of benzene rings is 1. The number of hydrogen-bond donors (Lipinski definition) is 1. The molecule has 1 aromatic heterocycles. The van der Waals surface area contributed by atoms with E-state index in [9.17, 15) is 0 Å². The standard InChI is InChI=1S/C22H30N2O2/c1-17(14-24-16-18-6-5-11-23-15-18)19-7-3-9-21(12-19)26-22-10-4-8-20(13-22)25-2/h4-6,8,10-11,13,15,17,19,21,24H,3,7,9,12,14,16H2,1-2H3. The molecule has 1 aliphatic rings. The van der Waals surface area contributed by atoms with Gasteiger partial charge in [0.1, 0.15) is 11.5 Å². The Morgan fingerprint density at radius 1 is 1.19 bits per heavy atom. The van der Waals surface area contributed by atoms with Crippen molar-refractivity contribution in [3.8, 4) is 11.5 Å². The minimum absolute atomic E-state index is 0.307. The fraction of sp³-hybridized carbons (Fsp3) is 0.500. The Balaban J connectivity index is 1.46. The van der Waals surface area contributed by atoms with Crippen molar-refractivity contribution in [3.05, 3.63) is 54.4 Å². The van der Waals surface area contributed by atoms with Gasteiger partial charge in [-0.05, 0) is 67.8 Å². The third kappa shape index (κ3) is 5.46. The number of aromatic nitrogens is 1. The Morgan fingerprint density at radius 2 is 2.08 bits per heavy atom. The van der Waals surface area contributed by atoms with Gasteiger partial charge in [0.05, 0.1) is 13.2 Å². The van der Waals surface area contributed by atoms with Gasteiger partial charge in [-0.2, -0.15) is 0 Å². The average Bonchev–Trinajstić information content (AvgIpc) is 2.69. The zero-order valence-electron chi connectivity index (χ0n) is 15.9. The zero-order valence-corrected chi connectivity index (χ0v) is 15.9. The van der Waals surface area contributed by atoms with E-state index in [-0.39, 0.29) is 0 Å². The predicted octanol–water partition coefficient (Wildman–Crippen LogP) is 4.45. The molecule has 3 rings (SSSR count). The van der Waals surface area contributed by atoms with Gasteiger partial charge >= 0.3 is 0 Å². The van der Waals surface area contributed by atoms with E-state index in [0.717, 1.165) is 37.4 Å². The first-order chi connectivity index (χ1) is 12.7. The Labute approximate surface area is 156 Å². The maximum Gasteiger partial charge on any atom is 0.123 e. The average molecular weight is 354 g/mol. The van der Waals surface area contributed by atoms with Crippen molar-refractivity contribution >= 4 is 0 Å². The largest absolute Gasteiger partial charge is 0.497 e. The second-order valence-corrected chi connectivity index (χ2v) is 7.31. The molecule has 0 radical (unpaired) electrons. The van der Waals surface area contributed by atoms with Crippen LogP contribution in [0.25, 0.3) is 0 Å². The summed E-state index contributed by atoms with van der Waals surface area (Å²) in [7, 11) is 1.69. The van der Waals surface area contributed by atoms with Crippen molar-refractivity contribution in [1.29, 1.82) is 0 Å². The molecule has 0 aliphatic heterocycles. The number of nitrogens with zero attached hydrogens (tertiary/aromatic N) is 1. The van der Waals surface area contributed by atoms with E-state index in [1.54, 1.807) is 7.11 Å². The summed E-state index contributed by atoms with van der Waals surface area (Å²) in [6, 6.07) is 12.0. The summed E-state index contributed by atoms with van der Waals surface area (Å²) in [4.78, 5) is 4.17. The molecule has 1 heterocycles. The van der Waals surface area contributed by atoms with Gasteiger partial charge in [0, 0.05) is 25.0 Å². The van der Waals surface area contributed by atoms with E-state index >= 15 is 0 Å². The Morgan fingerprint density at radius 3 is 2.88 bits per heavy atom. The fourth-order valence-corrected chi connectivity index (χ4v) is 3.79. The summed E-state index contributed by atoms with van der Waals surface area (Å²) >= 11 is 0. The van der Waals surface area contributed by atoms with Crippen LogP contribution in [-0.4, -0.2) is 24.7 Å². The van der Waals surface area contributed by atoms with Crippen molar-refractivity contribution in [2.24, 2.45) is 11.8 Å². The molecule has 1 fully saturated rings. The number of hydrogen-bond acceptors (Lipinski definition) is 4. The summed E-state index contributed by atoms with van der Waals surface area (Å²) in [6.45, 7) is 4.27. The maximum atomic E-state index is 6.24. The second-order valence-electron chi connectivity index (χ2n) is 7.31. The van der Waals surface area contributed by atoms with E-state index in [0.29, 0.717) is 17.9 Å². The first kappa shape index (κ1) is 18.7. The Kier molecular flexibility index (Phi) is 6.89. The summed E-state index contributed by atoms with van der Waals surface area (Å²) < 4.78 is 11.5. The molecule has 0 spiro atoms. The Bertz CT molecular complexity index is 662. The van der Waals surface area contributed by atoms with Crippen LogP contribution in [0.2, 0.25) is 0 Å². The first-order valence-corrected chi connectivity index (χ1v) is 9.65. The van der Waals surface area contributed by atoms with Crippen LogP contribution in [0.3, 0.4) is 0 Å². The number of rotatable bonds is 8. The first-order valence-electron chi connectivity index (χ1n) is 9.65.